The summed E-state index contributed by atoms with van der Waals surface area (Å²) in [4.78, 5) is 0. The molecule has 0 aliphatic rings. The third kappa shape index (κ3) is 31.3. The molecule has 0 aliphatic carbocycles. The minimum Gasteiger partial charge on any atom is -0.199 e. The van der Waals surface area contributed by atoms with Gasteiger partial charge in [-0.1, -0.05) is 31.7 Å². The van der Waals surface area contributed by atoms with Crippen LogP contribution in [0.3, 0.4) is 0 Å². The molecule has 4 heteroatoms. The first-order valence-corrected chi connectivity index (χ1v) is 5.31. The number of rotatable bonds is 0. The lowest BCUT2D eigenvalue weighted by atomic mass is 10.2. The van der Waals surface area contributed by atoms with Crippen molar-refractivity contribution in [2.24, 2.45) is 0 Å². The van der Waals surface area contributed by atoms with Crippen molar-refractivity contribution in [3.63, 3.8) is 0 Å². The van der Waals surface area contributed by atoms with Crippen LogP contribution < -0.4 is 0 Å². The highest BCUT2D eigenvalue weighted by Crippen LogP contribution is 1.93. The molecule has 0 N–H and O–H groups in total. The Morgan fingerprint density at radius 2 is 1.47 bits per heavy atom. The van der Waals surface area contributed by atoms with Crippen LogP contribution in [0, 0.1) is 45.3 Å². The molecule has 0 atom stereocenters. The van der Waals surface area contributed by atoms with Crippen LogP contribution in [0.4, 0.5) is 0 Å². The predicted molar refractivity (Wildman–Crippen MR) is 74.2 cm³/mol. The van der Waals surface area contributed by atoms with E-state index in [4.69, 9.17) is 21.0 Å². The summed E-state index contributed by atoms with van der Waals surface area (Å²) in [5.41, 5.74) is 0.715. The van der Waals surface area contributed by atoms with Gasteiger partial charge in [-0.2, -0.15) is 21.0 Å². The molecule has 0 aromatic heterocycles. The zero-order valence-corrected chi connectivity index (χ0v) is 11.2. The fraction of sp³-hybridized carbons (Fsp3) is 0.200. The van der Waals surface area contributed by atoms with Gasteiger partial charge in [-0.3, -0.25) is 0 Å². The maximum atomic E-state index is 8.29. The molecular formula is C15H16N4. The molecule has 0 fully saturated rings. The second-order valence-corrected chi connectivity index (χ2v) is 2.55. The zero-order chi connectivity index (χ0) is 15.4. The van der Waals surface area contributed by atoms with E-state index < -0.39 is 0 Å². The maximum absolute atomic E-state index is 8.29. The van der Waals surface area contributed by atoms with Crippen LogP contribution in [0.15, 0.2) is 43.0 Å². The third-order valence-corrected chi connectivity index (χ3v) is 1.15. The zero-order valence-electron chi connectivity index (χ0n) is 11.2. The second kappa shape index (κ2) is 24.2. The summed E-state index contributed by atoms with van der Waals surface area (Å²) >= 11 is 0. The third-order valence-electron chi connectivity index (χ3n) is 1.15. The van der Waals surface area contributed by atoms with E-state index >= 15 is 0 Å². The topological polar surface area (TPSA) is 95.2 Å². The fourth-order valence-corrected chi connectivity index (χ4v) is 0.513. The first-order valence-electron chi connectivity index (χ1n) is 5.31. The van der Waals surface area contributed by atoms with Crippen molar-refractivity contribution in [3.05, 3.63) is 48.6 Å². The van der Waals surface area contributed by atoms with E-state index in [1.165, 1.54) is 13.0 Å². The number of hydrogen-bond acceptors (Lipinski definition) is 4. The first kappa shape index (κ1) is 21.2. The fourth-order valence-electron chi connectivity index (χ4n) is 0.513. The first-order chi connectivity index (χ1) is 9.17. The van der Waals surface area contributed by atoms with Gasteiger partial charge in [0.25, 0.3) is 0 Å². The van der Waals surface area contributed by atoms with Gasteiger partial charge in [0.1, 0.15) is 0 Å². The molecule has 0 radical (unpaired) electrons. The molecule has 4 nitrogen and oxygen atoms in total. The number of allylic oxidation sites excluding steroid dienone is 1. The minimum atomic E-state index is 0.625. The summed E-state index contributed by atoms with van der Waals surface area (Å²) in [6, 6.07) is 16.5. The van der Waals surface area contributed by atoms with Gasteiger partial charge in [0.2, 0.25) is 0 Å². The van der Waals surface area contributed by atoms with Gasteiger partial charge < -0.3 is 0 Å². The Labute approximate surface area is 115 Å². The number of benzene rings is 1. The van der Waals surface area contributed by atoms with Crippen LogP contribution in [-0.2, 0) is 0 Å². The summed E-state index contributed by atoms with van der Waals surface area (Å²) in [6.45, 7) is 6.37. The molecule has 1 rings (SSSR count). The van der Waals surface area contributed by atoms with Crippen LogP contribution in [0.5, 0.6) is 0 Å². The Balaban J connectivity index is -0.000000200. The lowest BCUT2D eigenvalue weighted by Gasteiger charge is -1.80. The van der Waals surface area contributed by atoms with E-state index in [9.17, 15) is 0 Å². The predicted octanol–water partition coefficient (Wildman–Crippen LogP) is 3.70. The van der Waals surface area contributed by atoms with E-state index in [0.717, 1.165) is 0 Å². The monoisotopic (exact) mass is 252 g/mol. The highest BCUT2D eigenvalue weighted by molar-refractivity contribution is 5.27. The summed E-state index contributed by atoms with van der Waals surface area (Å²) < 4.78 is 0. The Morgan fingerprint density at radius 1 is 1.11 bits per heavy atom. The smallest absolute Gasteiger partial charge is 0.0991 e. The van der Waals surface area contributed by atoms with Gasteiger partial charge >= 0.3 is 0 Å². The van der Waals surface area contributed by atoms with E-state index in [0.29, 0.717) is 12.0 Å². The van der Waals surface area contributed by atoms with Gasteiger partial charge in [-0.05, 0) is 12.1 Å². The standard InChI is InChI=1S/C7H5N.C3H5N.C3H3N.C2H3N/c8-6-7-4-2-1-3-5-7;2*1-2-3-4;1-2-3/h1-5H;2H2,1H3;2H,1H2;1H3. The van der Waals surface area contributed by atoms with Crippen molar-refractivity contribution >= 4 is 0 Å². The van der Waals surface area contributed by atoms with E-state index in [1.807, 2.05) is 37.3 Å². The molecule has 1 aromatic carbocycles. The molecule has 19 heavy (non-hydrogen) atoms. The van der Waals surface area contributed by atoms with E-state index in [2.05, 4.69) is 6.58 Å². The summed E-state index contributed by atoms with van der Waals surface area (Å²) in [6.07, 6.45) is 1.81. The Kier molecular flexibility index (Phi) is 27.1. The lowest BCUT2D eigenvalue weighted by Crippen LogP contribution is -1.66. The Hall–Kier alpha value is -3.08. The van der Waals surface area contributed by atoms with Crippen LogP contribution in [0.1, 0.15) is 25.8 Å². The van der Waals surface area contributed by atoms with Crippen molar-refractivity contribution in [2.45, 2.75) is 20.3 Å². The Morgan fingerprint density at radius 3 is 1.63 bits per heavy atom. The molecule has 0 saturated carbocycles. The Bertz CT molecular complexity index is 464. The largest absolute Gasteiger partial charge is 0.199 e. The van der Waals surface area contributed by atoms with Gasteiger partial charge in [0.15, 0.2) is 0 Å². The number of hydrogen-bond donors (Lipinski definition) is 0. The van der Waals surface area contributed by atoms with Crippen molar-refractivity contribution in [2.75, 3.05) is 0 Å². The van der Waals surface area contributed by atoms with Gasteiger partial charge in [0, 0.05) is 19.4 Å². The maximum Gasteiger partial charge on any atom is 0.0991 e. The van der Waals surface area contributed by atoms with Crippen LogP contribution in [0.2, 0.25) is 0 Å². The molecule has 0 heterocycles. The normalized spacial score (nSPS) is 5.58. The van der Waals surface area contributed by atoms with Gasteiger partial charge in [0.05, 0.1) is 29.8 Å². The second-order valence-electron chi connectivity index (χ2n) is 2.55. The molecule has 0 spiro atoms. The number of nitriles is 4. The molecule has 96 valence electrons. The molecule has 0 bridgehead atoms. The molecule has 1 aromatic rings. The molecule has 0 saturated heterocycles. The molecule has 0 amide bonds. The van der Waals surface area contributed by atoms with Crippen molar-refractivity contribution in [1.82, 2.24) is 0 Å². The summed E-state index contributed by atoms with van der Waals surface area (Å²) in [5, 5.41) is 30.7. The average Bonchev–Trinajstić information content (AvgIpc) is 2.49. The van der Waals surface area contributed by atoms with E-state index in [-0.39, 0.29) is 0 Å². The summed E-state index contributed by atoms with van der Waals surface area (Å²) in [5.74, 6) is 0. The van der Waals surface area contributed by atoms with Crippen molar-refractivity contribution in [3.8, 4) is 24.3 Å². The average molecular weight is 252 g/mol. The highest BCUT2D eigenvalue weighted by Gasteiger charge is 1.79. The highest BCUT2D eigenvalue weighted by atomic mass is 14.2. The molecule has 0 aliphatic heterocycles. The van der Waals surface area contributed by atoms with Crippen LogP contribution in [-0.4, -0.2) is 0 Å². The molecular weight excluding hydrogens is 236 g/mol. The minimum absolute atomic E-state index is 0.625. The molecule has 0 unspecified atom stereocenters. The summed E-state index contributed by atoms with van der Waals surface area (Å²) in [7, 11) is 0. The van der Waals surface area contributed by atoms with E-state index in [1.54, 1.807) is 24.3 Å². The van der Waals surface area contributed by atoms with Crippen molar-refractivity contribution < 1.29 is 0 Å². The van der Waals surface area contributed by atoms with Gasteiger partial charge in [-0.15, -0.1) is 0 Å². The van der Waals surface area contributed by atoms with Crippen LogP contribution in [0.25, 0.3) is 0 Å². The van der Waals surface area contributed by atoms with Crippen LogP contribution >= 0.6 is 0 Å². The van der Waals surface area contributed by atoms with Crippen molar-refractivity contribution in [1.29, 1.82) is 21.0 Å². The number of nitrogens with zero attached hydrogens (tertiary/aromatic N) is 4. The van der Waals surface area contributed by atoms with Gasteiger partial charge in [-0.25, -0.2) is 0 Å². The lowest BCUT2D eigenvalue weighted by molar-refractivity contribution is 1.22. The quantitative estimate of drug-likeness (QED) is 0.657. The SMILES string of the molecule is C=CC#N.CC#N.CCC#N.N#Cc1ccccc1.